The normalized spacial score (nSPS) is 18.9. The molecule has 0 saturated carbocycles. The lowest BCUT2D eigenvalue weighted by Gasteiger charge is -2.17. The van der Waals surface area contributed by atoms with Crippen LogP contribution in [-0.2, 0) is 11.3 Å². The minimum Gasteiger partial charge on any atom is -0.497 e. The van der Waals surface area contributed by atoms with Crippen LogP contribution in [0.4, 0.5) is 5.69 Å². The number of fused-ring (bicyclic) bond motifs is 1. The van der Waals surface area contributed by atoms with Crippen molar-refractivity contribution in [3.63, 3.8) is 0 Å². The van der Waals surface area contributed by atoms with Crippen LogP contribution >= 0.6 is 47.1 Å². The molecule has 2 aromatic rings. The van der Waals surface area contributed by atoms with Gasteiger partial charge in [-0.3, -0.25) is 19.1 Å². The lowest BCUT2D eigenvalue weighted by atomic mass is 10.2. The monoisotopic (exact) mass is 503 g/mol. The largest absolute Gasteiger partial charge is 0.497 e. The van der Waals surface area contributed by atoms with Gasteiger partial charge in [0.05, 0.1) is 12.8 Å². The van der Waals surface area contributed by atoms with Gasteiger partial charge >= 0.3 is 0 Å². The van der Waals surface area contributed by atoms with Crippen LogP contribution in [0, 0.1) is 0 Å². The summed E-state index contributed by atoms with van der Waals surface area (Å²) in [6.45, 7) is 10.9. The summed E-state index contributed by atoms with van der Waals surface area (Å²) in [6.07, 6.45) is 3.30. The number of thioether (sulfide) groups is 2. The topological polar surface area (TPSA) is 54.8 Å². The fourth-order valence-corrected chi connectivity index (χ4v) is 7.41. The second-order valence-electron chi connectivity index (χ2n) is 6.83. The molecule has 0 aliphatic carbocycles. The number of carbonyl (C=O) groups excluding carboxylic acids is 1. The van der Waals surface area contributed by atoms with E-state index in [1.807, 2.05) is 25.1 Å². The molecule has 2 aliphatic rings. The standard InChI is InChI=1S/C22H21N3O3S4/c1-5-10-24-18(26)16(31-21(24)17-19(27)25(11-6-2)22(29)32-17)20-23(7-3)14-12-13(28-4)8-9-15(14)30-20/h5-6,8-9,12H,1-2,7,10-11H2,3-4H3. The molecule has 32 heavy (non-hydrogen) atoms. The van der Waals surface area contributed by atoms with Crippen molar-refractivity contribution in [3.05, 3.63) is 63.1 Å². The van der Waals surface area contributed by atoms with Crippen molar-refractivity contribution in [1.82, 2.24) is 9.47 Å². The maximum absolute atomic E-state index is 13.5. The number of carbonyl (C=O) groups is 1. The SMILES string of the molecule is C=CCN1C(=O)C(=c2sc(=C3Sc4ccc(OC)cc4N3CC)c(=O)n2CC=C)SC1=S. The van der Waals surface area contributed by atoms with Gasteiger partial charge in [0.1, 0.15) is 29.2 Å². The zero-order chi connectivity index (χ0) is 23.0. The molecule has 1 fully saturated rings. The molecule has 3 heterocycles. The summed E-state index contributed by atoms with van der Waals surface area (Å²) in [4.78, 5) is 31.7. The zero-order valence-electron chi connectivity index (χ0n) is 17.6. The molecule has 0 atom stereocenters. The van der Waals surface area contributed by atoms with Crippen LogP contribution in [0.5, 0.6) is 5.75 Å². The second-order valence-corrected chi connectivity index (χ2v) is 10.5. The van der Waals surface area contributed by atoms with Crippen LogP contribution in [-0.4, -0.2) is 39.9 Å². The van der Waals surface area contributed by atoms with Crippen molar-refractivity contribution in [2.45, 2.75) is 18.4 Å². The van der Waals surface area contributed by atoms with E-state index in [2.05, 4.69) is 18.1 Å². The number of allylic oxidation sites excluding steroid dienone is 1. The molecule has 1 amide bonds. The number of methoxy groups -OCH3 is 1. The van der Waals surface area contributed by atoms with Gasteiger partial charge in [-0.15, -0.1) is 24.5 Å². The zero-order valence-corrected chi connectivity index (χ0v) is 20.9. The van der Waals surface area contributed by atoms with Crippen molar-refractivity contribution in [2.75, 3.05) is 25.1 Å². The number of anilines is 1. The first-order valence-corrected chi connectivity index (χ1v) is 12.7. The first-order valence-electron chi connectivity index (χ1n) is 9.82. The lowest BCUT2D eigenvalue weighted by molar-refractivity contribution is -0.120. The Bertz CT molecular complexity index is 1320. The summed E-state index contributed by atoms with van der Waals surface area (Å²) in [5, 5.41) is 0.858. The number of thiazole rings is 1. The fraction of sp³-hybridized carbons (Fsp3) is 0.227. The minimum atomic E-state index is -0.199. The number of thiocarbonyl (C=S) groups is 1. The van der Waals surface area contributed by atoms with Gasteiger partial charge in [-0.25, -0.2) is 0 Å². The number of hydrogen-bond acceptors (Lipinski definition) is 8. The molecule has 0 N–H and O–H groups in total. The molecule has 10 heteroatoms. The van der Waals surface area contributed by atoms with E-state index < -0.39 is 0 Å². The van der Waals surface area contributed by atoms with Crippen LogP contribution in [0.3, 0.4) is 0 Å². The number of aromatic nitrogens is 1. The molecular weight excluding hydrogens is 483 g/mol. The third-order valence-electron chi connectivity index (χ3n) is 4.97. The van der Waals surface area contributed by atoms with Gasteiger partial charge in [0.25, 0.3) is 11.5 Å². The Morgan fingerprint density at radius 1 is 1.12 bits per heavy atom. The maximum Gasteiger partial charge on any atom is 0.272 e. The second kappa shape index (κ2) is 9.30. The number of amides is 1. The Balaban J connectivity index is 1.97. The van der Waals surface area contributed by atoms with Crippen LogP contribution in [0.2, 0.25) is 0 Å². The molecule has 0 bridgehead atoms. The van der Waals surface area contributed by atoms with Gasteiger partial charge < -0.3 is 9.64 Å². The predicted molar refractivity (Wildman–Crippen MR) is 139 cm³/mol. The Kier molecular flexibility index (Phi) is 6.66. The number of ether oxygens (including phenoxy) is 1. The fourth-order valence-electron chi connectivity index (χ4n) is 3.50. The third kappa shape index (κ3) is 3.75. The predicted octanol–water partition coefficient (Wildman–Crippen LogP) is 2.96. The molecular formula is C22H21N3O3S4. The molecule has 0 unspecified atom stereocenters. The van der Waals surface area contributed by atoms with Gasteiger partial charge in [0, 0.05) is 30.6 Å². The van der Waals surface area contributed by atoms with Crippen molar-refractivity contribution in [1.29, 1.82) is 0 Å². The van der Waals surface area contributed by atoms with E-state index in [9.17, 15) is 9.59 Å². The van der Waals surface area contributed by atoms with Crippen LogP contribution in [0.15, 0.2) is 53.2 Å². The van der Waals surface area contributed by atoms with Crippen LogP contribution < -0.4 is 24.4 Å². The van der Waals surface area contributed by atoms with E-state index in [1.165, 1.54) is 28.0 Å². The summed E-state index contributed by atoms with van der Waals surface area (Å²) in [5.41, 5.74) is 0.869. The van der Waals surface area contributed by atoms with Gasteiger partial charge in [-0.05, 0) is 19.1 Å². The van der Waals surface area contributed by atoms with E-state index >= 15 is 0 Å². The van der Waals surface area contributed by atoms with E-state index in [0.29, 0.717) is 38.1 Å². The van der Waals surface area contributed by atoms with E-state index in [-0.39, 0.29) is 11.5 Å². The quantitative estimate of drug-likeness (QED) is 0.444. The first kappa shape index (κ1) is 22.9. The number of benzene rings is 1. The van der Waals surface area contributed by atoms with Gasteiger partial charge in [0.15, 0.2) is 0 Å². The molecule has 166 valence electrons. The Morgan fingerprint density at radius 3 is 2.53 bits per heavy atom. The summed E-state index contributed by atoms with van der Waals surface area (Å²) in [7, 11) is 1.64. The average molecular weight is 504 g/mol. The summed E-state index contributed by atoms with van der Waals surface area (Å²) < 4.78 is 8.66. The van der Waals surface area contributed by atoms with Gasteiger partial charge in [0.2, 0.25) is 0 Å². The van der Waals surface area contributed by atoms with E-state index in [0.717, 1.165) is 21.4 Å². The summed E-state index contributed by atoms with van der Waals surface area (Å²) >= 11 is 9.50. The van der Waals surface area contributed by atoms with Gasteiger partial charge in [-0.2, -0.15) is 0 Å². The van der Waals surface area contributed by atoms with Crippen molar-refractivity contribution in [2.24, 2.45) is 0 Å². The lowest BCUT2D eigenvalue weighted by Crippen LogP contribution is -2.35. The van der Waals surface area contributed by atoms with Crippen molar-refractivity contribution >= 4 is 72.9 Å². The Labute approximate surface area is 203 Å². The summed E-state index contributed by atoms with van der Waals surface area (Å²) in [5.74, 6) is 0.564. The van der Waals surface area contributed by atoms with Gasteiger partial charge in [-0.1, -0.05) is 47.9 Å². The van der Waals surface area contributed by atoms with E-state index in [1.54, 1.807) is 35.6 Å². The Morgan fingerprint density at radius 2 is 1.88 bits per heavy atom. The van der Waals surface area contributed by atoms with Crippen molar-refractivity contribution in [3.8, 4) is 5.75 Å². The molecule has 1 saturated heterocycles. The Hall–Kier alpha value is -2.27. The maximum atomic E-state index is 13.5. The number of rotatable bonds is 6. The molecule has 0 radical (unpaired) electrons. The molecule has 1 aromatic heterocycles. The highest BCUT2D eigenvalue weighted by molar-refractivity contribution is 8.30. The van der Waals surface area contributed by atoms with Crippen LogP contribution in [0.1, 0.15) is 6.92 Å². The third-order valence-corrected chi connectivity index (χ3v) is 9.04. The minimum absolute atomic E-state index is 0.139. The summed E-state index contributed by atoms with van der Waals surface area (Å²) in [6, 6.07) is 5.89. The molecule has 1 aromatic carbocycles. The average Bonchev–Trinajstić information content (AvgIpc) is 3.40. The first-order chi connectivity index (χ1) is 15.4. The molecule has 4 rings (SSSR count). The molecule has 2 aliphatic heterocycles. The van der Waals surface area contributed by atoms with Crippen molar-refractivity contribution < 1.29 is 9.53 Å². The smallest absolute Gasteiger partial charge is 0.272 e. The number of nitrogens with zero attached hydrogens (tertiary/aromatic N) is 3. The highest BCUT2D eigenvalue weighted by Gasteiger charge is 2.34. The highest BCUT2D eigenvalue weighted by atomic mass is 32.2. The van der Waals surface area contributed by atoms with E-state index in [4.69, 9.17) is 17.0 Å². The number of hydrogen-bond donors (Lipinski definition) is 0. The molecule has 0 spiro atoms. The molecule has 6 nitrogen and oxygen atoms in total. The van der Waals surface area contributed by atoms with Crippen LogP contribution in [0.25, 0.3) is 9.93 Å². The highest BCUT2D eigenvalue weighted by Crippen LogP contribution is 2.47.